The Morgan fingerprint density at radius 3 is 2.81 bits per heavy atom. The summed E-state index contributed by atoms with van der Waals surface area (Å²) in [5.41, 5.74) is 0.442. The van der Waals surface area contributed by atoms with Gasteiger partial charge in [0.25, 0.3) is 5.91 Å². The van der Waals surface area contributed by atoms with E-state index in [9.17, 15) is 18.8 Å². The van der Waals surface area contributed by atoms with Crippen LogP contribution in [0.5, 0.6) is 0 Å². The van der Waals surface area contributed by atoms with Gasteiger partial charge in [-0.2, -0.15) is 0 Å². The van der Waals surface area contributed by atoms with Crippen LogP contribution in [0.15, 0.2) is 33.8 Å². The van der Waals surface area contributed by atoms with Crippen molar-refractivity contribution < 1.29 is 18.8 Å². The molecule has 3 rings (SSSR count). The maximum Gasteiger partial charge on any atom is 0.331 e. The Balaban J connectivity index is 1.79. The predicted octanol–water partition coefficient (Wildman–Crippen LogP) is 2.66. The molecule has 0 radical (unpaired) electrons. The number of benzene rings is 1. The van der Waals surface area contributed by atoms with Gasteiger partial charge in [0.05, 0.1) is 11.4 Å². The van der Waals surface area contributed by atoms with Crippen LogP contribution >= 0.6 is 27.9 Å². The number of carbonyl (C=O) groups excluding carboxylic acids is 3. The predicted molar refractivity (Wildman–Crippen MR) is 99.4 cm³/mol. The molecule has 1 aromatic rings. The molecule has 0 aromatic heterocycles. The first-order chi connectivity index (χ1) is 12.3. The van der Waals surface area contributed by atoms with E-state index in [4.69, 9.17) is 0 Å². The topological polar surface area (TPSA) is 81.8 Å². The van der Waals surface area contributed by atoms with Gasteiger partial charge in [-0.05, 0) is 32.0 Å². The van der Waals surface area contributed by atoms with Crippen LogP contribution in [0, 0.1) is 5.82 Å². The van der Waals surface area contributed by atoms with Crippen LogP contribution in [-0.4, -0.2) is 46.3 Å². The first-order valence-corrected chi connectivity index (χ1v) is 9.47. The molecule has 0 spiro atoms. The molecule has 2 N–H and O–H groups in total. The molecule has 10 heteroatoms. The van der Waals surface area contributed by atoms with E-state index in [1.807, 2.05) is 0 Å². The lowest BCUT2D eigenvalue weighted by Gasteiger charge is -2.39. The third-order valence-corrected chi connectivity index (χ3v) is 5.14. The summed E-state index contributed by atoms with van der Waals surface area (Å²) in [4.78, 5) is 39.9. The van der Waals surface area contributed by atoms with E-state index in [0.29, 0.717) is 10.2 Å². The molecule has 1 aromatic carbocycles. The van der Waals surface area contributed by atoms with Gasteiger partial charge in [-0.3, -0.25) is 19.4 Å². The highest BCUT2D eigenvalue weighted by Gasteiger charge is 2.46. The highest BCUT2D eigenvalue weighted by molar-refractivity contribution is 9.10. The van der Waals surface area contributed by atoms with Gasteiger partial charge in [0.15, 0.2) is 0 Å². The van der Waals surface area contributed by atoms with E-state index < -0.39 is 23.8 Å². The first kappa shape index (κ1) is 18.9. The van der Waals surface area contributed by atoms with Gasteiger partial charge >= 0.3 is 6.03 Å². The second kappa shape index (κ2) is 7.37. The fraction of sp³-hybridized carbons (Fsp3) is 0.312. The van der Waals surface area contributed by atoms with Gasteiger partial charge in [-0.25, -0.2) is 13.9 Å². The number of halogens is 2. The molecule has 2 aliphatic rings. The molecule has 26 heavy (non-hydrogen) atoms. The van der Waals surface area contributed by atoms with Gasteiger partial charge in [0.2, 0.25) is 5.91 Å². The summed E-state index contributed by atoms with van der Waals surface area (Å²) in [5.74, 6) is -1.50. The Kier molecular flexibility index (Phi) is 5.35. The lowest BCUT2D eigenvalue weighted by molar-refractivity contribution is -0.133. The molecular weight excluding hydrogens is 427 g/mol. The number of anilines is 1. The van der Waals surface area contributed by atoms with Gasteiger partial charge in [0.1, 0.15) is 18.4 Å². The number of imide groups is 1. The second-order valence-electron chi connectivity index (χ2n) is 6.05. The number of hydrogen-bond acceptors (Lipinski definition) is 5. The molecule has 1 fully saturated rings. The number of rotatable bonds is 4. The summed E-state index contributed by atoms with van der Waals surface area (Å²) < 4.78 is 17.4. The van der Waals surface area contributed by atoms with Crippen molar-refractivity contribution in [3.8, 4) is 0 Å². The molecule has 1 saturated heterocycles. The van der Waals surface area contributed by atoms with Gasteiger partial charge < -0.3 is 5.32 Å². The summed E-state index contributed by atoms with van der Waals surface area (Å²) in [5, 5.41) is 4.08. The smallest absolute Gasteiger partial charge is 0.322 e. The molecule has 2 aliphatic heterocycles. The largest absolute Gasteiger partial charge is 0.331 e. The van der Waals surface area contributed by atoms with Gasteiger partial charge in [0, 0.05) is 15.9 Å². The number of amides is 4. The van der Waals surface area contributed by atoms with Crippen LogP contribution in [0.1, 0.15) is 13.8 Å². The van der Waals surface area contributed by atoms with Crippen molar-refractivity contribution >= 4 is 51.4 Å². The summed E-state index contributed by atoms with van der Waals surface area (Å²) in [6.45, 7) is 3.12. The SMILES string of the molecule is CC(C)N1C(=O)C2NSC=C2N(CC(=O)Nc2ccc(Br)cc2F)C1=O. The number of urea groups is 1. The van der Waals surface area contributed by atoms with E-state index in [0.717, 1.165) is 4.90 Å². The average Bonchev–Trinajstić information content (AvgIpc) is 3.04. The monoisotopic (exact) mass is 442 g/mol. The zero-order chi connectivity index (χ0) is 19.0. The molecule has 2 heterocycles. The third kappa shape index (κ3) is 3.49. The number of nitrogens with one attached hydrogen (secondary N) is 2. The Hall–Kier alpha value is -1.91. The maximum atomic E-state index is 13.9. The number of carbonyl (C=O) groups is 3. The van der Waals surface area contributed by atoms with Crippen molar-refractivity contribution in [2.45, 2.75) is 25.9 Å². The van der Waals surface area contributed by atoms with Crippen LogP contribution in [0.3, 0.4) is 0 Å². The zero-order valence-corrected chi connectivity index (χ0v) is 16.4. The van der Waals surface area contributed by atoms with Crippen molar-refractivity contribution in [3.05, 3.63) is 39.6 Å². The fourth-order valence-electron chi connectivity index (χ4n) is 2.72. The third-order valence-electron chi connectivity index (χ3n) is 3.92. The zero-order valence-electron chi connectivity index (χ0n) is 14.0. The molecule has 1 atom stereocenters. The Labute approximate surface area is 162 Å². The minimum atomic E-state index is -0.683. The van der Waals surface area contributed by atoms with E-state index >= 15 is 0 Å². The van der Waals surface area contributed by atoms with Crippen molar-refractivity contribution in [1.29, 1.82) is 0 Å². The van der Waals surface area contributed by atoms with Gasteiger partial charge in [-0.1, -0.05) is 27.9 Å². The van der Waals surface area contributed by atoms with Crippen molar-refractivity contribution in [1.82, 2.24) is 14.5 Å². The number of fused-ring (bicyclic) bond motifs is 1. The standard InChI is InChI=1S/C16H16BrFN4O3S/c1-8(2)22-15(24)14-12(7-26-20-14)21(16(22)25)6-13(23)19-11-4-3-9(17)5-10(11)18/h3-5,7-8,14,20H,6H2,1-2H3,(H,19,23). The van der Waals surface area contributed by atoms with Crippen molar-refractivity contribution in [2.75, 3.05) is 11.9 Å². The summed E-state index contributed by atoms with van der Waals surface area (Å²) in [7, 11) is 0. The maximum absolute atomic E-state index is 13.9. The van der Waals surface area contributed by atoms with E-state index in [1.54, 1.807) is 25.3 Å². The Morgan fingerprint density at radius 1 is 1.42 bits per heavy atom. The molecule has 0 bridgehead atoms. The summed E-state index contributed by atoms with van der Waals surface area (Å²) in [6.07, 6.45) is 0. The lowest BCUT2D eigenvalue weighted by atomic mass is 10.1. The fourth-order valence-corrected chi connectivity index (χ4v) is 3.86. The van der Waals surface area contributed by atoms with Crippen LogP contribution in [0.4, 0.5) is 14.9 Å². The van der Waals surface area contributed by atoms with Crippen LogP contribution in [0.2, 0.25) is 0 Å². The molecule has 4 amide bonds. The minimum absolute atomic E-state index is 0.0175. The Bertz CT molecular complexity index is 817. The minimum Gasteiger partial charge on any atom is -0.322 e. The quantitative estimate of drug-likeness (QED) is 0.700. The highest BCUT2D eigenvalue weighted by atomic mass is 79.9. The normalized spacial score (nSPS) is 19.7. The second-order valence-corrected chi connectivity index (χ2v) is 7.68. The summed E-state index contributed by atoms with van der Waals surface area (Å²) >= 11 is 4.33. The molecular formula is C16H16BrFN4O3S. The van der Waals surface area contributed by atoms with Crippen molar-refractivity contribution in [2.24, 2.45) is 0 Å². The van der Waals surface area contributed by atoms with Crippen LogP contribution < -0.4 is 10.0 Å². The molecule has 0 saturated carbocycles. The van der Waals surface area contributed by atoms with Crippen LogP contribution in [-0.2, 0) is 9.59 Å². The van der Waals surface area contributed by atoms with Gasteiger partial charge in [-0.15, -0.1) is 0 Å². The number of hydrogen-bond donors (Lipinski definition) is 2. The Morgan fingerprint density at radius 2 is 2.15 bits per heavy atom. The van der Waals surface area contributed by atoms with Crippen molar-refractivity contribution in [3.63, 3.8) is 0 Å². The summed E-state index contributed by atoms with van der Waals surface area (Å²) in [6, 6.07) is 2.66. The molecule has 138 valence electrons. The molecule has 1 unspecified atom stereocenters. The van der Waals surface area contributed by atoms with E-state index in [2.05, 4.69) is 26.0 Å². The molecule has 7 nitrogen and oxygen atoms in total. The lowest BCUT2D eigenvalue weighted by Crippen LogP contribution is -2.62. The molecule has 0 aliphatic carbocycles. The van der Waals surface area contributed by atoms with Crippen LogP contribution in [0.25, 0.3) is 0 Å². The number of nitrogens with zero attached hydrogens (tertiary/aromatic N) is 2. The van der Waals surface area contributed by atoms with E-state index in [1.165, 1.54) is 29.0 Å². The average molecular weight is 443 g/mol. The first-order valence-electron chi connectivity index (χ1n) is 7.80. The van der Waals surface area contributed by atoms with E-state index in [-0.39, 0.29) is 24.2 Å². The highest BCUT2D eigenvalue weighted by Crippen LogP contribution is 2.30.